The molecule has 3 aromatic heterocycles. The Kier molecular flexibility index (Phi) is 6.50. The highest BCUT2D eigenvalue weighted by atomic mass is 32.1. The molecular formula is C29H27N5OS. The lowest BCUT2D eigenvalue weighted by Gasteiger charge is -2.10. The van der Waals surface area contributed by atoms with Crippen molar-refractivity contribution in [1.29, 1.82) is 10.5 Å². The summed E-state index contributed by atoms with van der Waals surface area (Å²) in [5.74, 6) is -0.383. The largest absolute Gasteiger partial charge is 0.361 e. The summed E-state index contributed by atoms with van der Waals surface area (Å²) < 4.78 is 2.09. The smallest absolute Gasteiger partial charge is 0.261 e. The van der Waals surface area contributed by atoms with Gasteiger partial charge in [-0.15, -0.1) is 11.3 Å². The first-order valence-electron chi connectivity index (χ1n) is 12.2. The second-order valence-corrected chi connectivity index (χ2v) is 10.3. The monoisotopic (exact) mass is 493 g/mol. The highest BCUT2D eigenvalue weighted by Gasteiger charge is 2.24. The zero-order valence-corrected chi connectivity index (χ0v) is 21.3. The molecule has 1 aliphatic rings. The lowest BCUT2D eigenvalue weighted by atomic mass is 9.96. The van der Waals surface area contributed by atoms with Gasteiger partial charge in [0.2, 0.25) is 0 Å². The fraction of sp³-hybridized carbons (Fsp3) is 0.276. The standard InChI is InChI=1S/C29H27N5OS/c1-18-13-21(19(2)34(18)29-25(16-31)24-8-4-6-10-27(24)36-29)14-22(15-30)28(35)32-12-11-20-17-33-26-9-5-3-7-23(20)26/h3,5,7,9,13-14,17,33H,4,6,8,10-12H2,1-2H3,(H,32,35)/b22-14-. The molecule has 0 saturated heterocycles. The van der Waals surface area contributed by atoms with Crippen molar-refractivity contribution in [1.82, 2.24) is 14.9 Å². The Labute approximate surface area is 214 Å². The number of thiophene rings is 1. The van der Waals surface area contributed by atoms with E-state index in [-0.39, 0.29) is 11.5 Å². The molecule has 1 aliphatic carbocycles. The number of nitriles is 2. The van der Waals surface area contributed by atoms with Crippen molar-refractivity contribution in [3.63, 3.8) is 0 Å². The third-order valence-corrected chi connectivity index (χ3v) is 8.23. The van der Waals surface area contributed by atoms with Gasteiger partial charge in [0.25, 0.3) is 5.91 Å². The van der Waals surface area contributed by atoms with Crippen LogP contribution in [0.4, 0.5) is 0 Å². The zero-order valence-electron chi connectivity index (χ0n) is 20.4. The number of nitrogens with one attached hydrogen (secondary N) is 2. The van der Waals surface area contributed by atoms with Crippen molar-refractivity contribution in [3.8, 4) is 17.1 Å². The van der Waals surface area contributed by atoms with Crippen molar-refractivity contribution >= 4 is 34.2 Å². The molecule has 5 rings (SSSR count). The Balaban J connectivity index is 1.36. The summed E-state index contributed by atoms with van der Waals surface area (Å²) in [5, 5.41) is 24.6. The molecule has 0 unspecified atom stereocenters. The molecule has 36 heavy (non-hydrogen) atoms. The summed E-state index contributed by atoms with van der Waals surface area (Å²) in [7, 11) is 0. The van der Waals surface area contributed by atoms with Crippen molar-refractivity contribution < 1.29 is 4.79 Å². The lowest BCUT2D eigenvalue weighted by molar-refractivity contribution is -0.117. The molecule has 1 aromatic carbocycles. The van der Waals surface area contributed by atoms with Gasteiger partial charge >= 0.3 is 0 Å². The maximum absolute atomic E-state index is 12.8. The second kappa shape index (κ2) is 9.89. The van der Waals surface area contributed by atoms with E-state index in [0.717, 1.165) is 69.7 Å². The lowest BCUT2D eigenvalue weighted by Crippen LogP contribution is -2.26. The van der Waals surface area contributed by atoms with Crippen LogP contribution in [0.2, 0.25) is 0 Å². The van der Waals surface area contributed by atoms with Crippen LogP contribution >= 0.6 is 11.3 Å². The highest BCUT2D eigenvalue weighted by molar-refractivity contribution is 7.15. The molecule has 0 fully saturated rings. The van der Waals surface area contributed by atoms with Gasteiger partial charge in [-0.3, -0.25) is 4.79 Å². The van der Waals surface area contributed by atoms with E-state index in [1.165, 1.54) is 10.4 Å². The Bertz CT molecular complexity index is 1580. The van der Waals surface area contributed by atoms with Crippen LogP contribution in [0.3, 0.4) is 0 Å². The maximum Gasteiger partial charge on any atom is 0.261 e. The normalized spacial score (nSPS) is 13.3. The van der Waals surface area contributed by atoms with Crippen LogP contribution in [0.15, 0.2) is 42.1 Å². The number of para-hydroxylation sites is 1. The van der Waals surface area contributed by atoms with Crippen LogP contribution in [-0.4, -0.2) is 22.0 Å². The van der Waals surface area contributed by atoms with E-state index in [1.807, 2.05) is 44.3 Å². The van der Waals surface area contributed by atoms with E-state index in [4.69, 9.17) is 0 Å². The molecule has 2 N–H and O–H groups in total. The first-order valence-corrected chi connectivity index (χ1v) is 13.0. The number of hydrogen-bond donors (Lipinski definition) is 2. The number of aryl methyl sites for hydroxylation is 2. The number of aromatic amines is 1. The second-order valence-electron chi connectivity index (χ2n) is 9.20. The SMILES string of the molecule is Cc1cc(/C=C(/C#N)C(=O)NCCc2c[nH]c3ccccc23)c(C)n1-c1sc2c(c1C#N)CCCC2. The number of H-pyrrole nitrogens is 1. The van der Waals surface area contributed by atoms with Crippen LogP contribution in [0.25, 0.3) is 22.0 Å². The highest BCUT2D eigenvalue weighted by Crippen LogP contribution is 2.38. The average molecular weight is 494 g/mol. The molecule has 0 bridgehead atoms. The fourth-order valence-electron chi connectivity index (χ4n) is 5.12. The summed E-state index contributed by atoms with van der Waals surface area (Å²) in [6.07, 6.45) is 8.55. The topological polar surface area (TPSA) is 97.4 Å². The summed E-state index contributed by atoms with van der Waals surface area (Å²) in [6, 6.07) is 14.5. The molecule has 7 heteroatoms. The number of nitrogens with zero attached hydrogens (tertiary/aromatic N) is 3. The van der Waals surface area contributed by atoms with E-state index in [2.05, 4.69) is 33.1 Å². The van der Waals surface area contributed by atoms with Crippen molar-refractivity contribution in [3.05, 3.63) is 80.6 Å². The molecule has 4 aromatic rings. The number of fused-ring (bicyclic) bond motifs is 2. The number of rotatable bonds is 6. The Morgan fingerprint density at radius 1 is 1.22 bits per heavy atom. The van der Waals surface area contributed by atoms with Crippen molar-refractivity contribution in [2.45, 2.75) is 46.0 Å². The molecule has 0 spiro atoms. The van der Waals surface area contributed by atoms with Gasteiger partial charge in [0, 0.05) is 39.9 Å². The minimum Gasteiger partial charge on any atom is -0.361 e. The van der Waals surface area contributed by atoms with Crippen LogP contribution in [0.1, 0.15) is 51.4 Å². The van der Waals surface area contributed by atoms with Crippen molar-refractivity contribution in [2.75, 3.05) is 6.54 Å². The number of amides is 1. The minimum atomic E-state index is -0.383. The number of benzene rings is 1. The predicted octanol–water partition coefficient (Wildman–Crippen LogP) is 5.65. The predicted molar refractivity (Wildman–Crippen MR) is 143 cm³/mol. The fourth-order valence-corrected chi connectivity index (χ4v) is 6.57. The van der Waals surface area contributed by atoms with Gasteiger partial charge in [0.1, 0.15) is 22.7 Å². The number of aromatic nitrogens is 2. The number of carbonyl (C=O) groups is 1. The third-order valence-electron chi connectivity index (χ3n) is 6.96. The van der Waals surface area contributed by atoms with Gasteiger partial charge in [-0.05, 0) is 80.9 Å². The summed E-state index contributed by atoms with van der Waals surface area (Å²) in [4.78, 5) is 17.4. The molecule has 1 amide bonds. The molecule has 0 saturated carbocycles. The Morgan fingerprint density at radius 3 is 2.83 bits per heavy atom. The van der Waals surface area contributed by atoms with E-state index in [1.54, 1.807) is 17.4 Å². The molecule has 3 heterocycles. The molecular weight excluding hydrogens is 466 g/mol. The first-order chi connectivity index (χ1) is 17.5. The van der Waals surface area contributed by atoms with Gasteiger partial charge in [-0.1, -0.05) is 18.2 Å². The van der Waals surface area contributed by atoms with E-state index in [0.29, 0.717) is 13.0 Å². The molecule has 0 aliphatic heterocycles. The van der Waals surface area contributed by atoms with Crippen LogP contribution in [0, 0.1) is 36.5 Å². The molecule has 180 valence electrons. The zero-order chi connectivity index (χ0) is 25.2. The van der Waals surface area contributed by atoms with Gasteiger partial charge in [-0.25, -0.2) is 0 Å². The van der Waals surface area contributed by atoms with Crippen molar-refractivity contribution in [2.24, 2.45) is 0 Å². The first kappa shape index (κ1) is 23.7. The van der Waals surface area contributed by atoms with Gasteiger partial charge in [0.05, 0.1) is 5.56 Å². The molecule has 0 radical (unpaired) electrons. The van der Waals surface area contributed by atoms with E-state index >= 15 is 0 Å². The molecule has 0 atom stereocenters. The van der Waals surface area contributed by atoms with E-state index < -0.39 is 0 Å². The summed E-state index contributed by atoms with van der Waals surface area (Å²) >= 11 is 1.70. The van der Waals surface area contributed by atoms with Crippen LogP contribution in [-0.2, 0) is 24.1 Å². The average Bonchev–Trinajstić information content (AvgIpc) is 3.55. The van der Waals surface area contributed by atoms with Gasteiger partial charge in [-0.2, -0.15) is 10.5 Å². The van der Waals surface area contributed by atoms with E-state index in [9.17, 15) is 15.3 Å². The molecule has 6 nitrogen and oxygen atoms in total. The Morgan fingerprint density at radius 2 is 2.03 bits per heavy atom. The summed E-state index contributed by atoms with van der Waals surface area (Å²) in [5.41, 5.74) is 6.93. The van der Waals surface area contributed by atoms with Crippen LogP contribution in [0.5, 0.6) is 0 Å². The summed E-state index contributed by atoms with van der Waals surface area (Å²) in [6.45, 7) is 4.41. The minimum absolute atomic E-state index is 0.0696. The van der Waals surface area contributed by atoms with Crippen LogP contribution < -0.4 is 5.32 Å². The number of carbonyl (C=O) groups excluding carboxylic acids is 1. The maximum atomic E-state index is 12.8. The Hall–Kier alpha value is -4.07. The van der Waals surface area contributed by atoms with Gasteiger partial charge in [0.15, 0.2) is 0 Å². The number of hydrogen-bond acceptors (Lipinski definition) is 4. The van der Waals surface area contributed by atoms with Gasteiger partial charge < -0.3 is 14.9 Å². The quantitative estimate of drug-likeness (QED) is 0.268. The third kappa shape index (κ3) is 4.23.